The van der Waals surface area contributed by atoms with Gasteiger partial charge < -0.3 is 25.0 Å². The average molecular weight is 441 g/mol. The van der Waals surface area contributed by atoms with Crippen LogP contribution in [0.1, 0.15) is 45.6 Å². The topological polar surface area (TPSA) is 123 Å². The lowest BCUT2D eigenvalue weighted by molar-refractivity contribution is -0.131. The molecule has 8 nitrogen and oxygen atoms in total. The Morgan fingerprint density at radius 1 is 1.31 bits per heavy atom. The van der Waals surface area contributed by atoms with Gasteiger partial charge in [-0.25, -0.2) is 4.79 Å². The third kappa shape index (κ3) is 8.02. The summed E-state index contributed by atoms with van der Waals surface area (Å²) >= 11 is 0. The van der Waals surface area contributed by atoms with Crippen molar-refractivity contribution in [1.29, 1.82) is 5.26 Å². The number of hydrogen-bond acceptors (Lipinski definition) is 6. The standard InChI is InChI=1S/C23H32BN3O5/c1-23(2,3)14-18(15-25)21(28)27-12-8-7-11-19(27)16-32-22(29)26-20(24(30)31)13-17-9-5-4-6-10-17/h4-6,9-10,14,19-20,30-31H,7-8,11-13,16H2,1-3H3,(H,26,29)/t19?,20-/m0/s1. The molecule has 0 aliphatic carbocycles. The molecule has 1 aliphatic heterocycles. The summed E-state index contributed by atoms with van der Waals surface area (Å²) in [7, 11) is -1.75. The van der Waals surface area contributed by atoms with E-state index in [4.69, 9.17) is 4.74 Å². The van der Waals surface area contributed by atoms with E-state index in [0.717, 1.165) is 18.4 Å². The number of carbonyl (C=O) groups excluding carboxylic acids is 2. The van der Waals surface area contributed by atoms with Gasteiger partial charge in [0, 0.05) is 6.54 Å². The van der Waals surface area contributed by atoms with Crippen molar-refractivity contribution < 1.29 is 24.4 Å². The highest BCUT2D eigenvalue weighted by atomic mass is 16.5. The molecular weight excluding hydrogens is 409 g/mol. The molecular formula is C23H32BN3O5. The first kappa shape index (κ1) is 25.4. The van der Waals surface area contributed by atoms with Crippen molar-refractivity contribution in [3.63, 3.8) is 0 Å². The van der Waals surface area contributed by atoms with Crippen LogP contribution in [0.25, 0.3) is 0 Å². The second kappa shape index (κ2) is 11.7. The number of nitrogens with one attached hydrogen (secondary N) is 1. The number of benzene rings is 1. The Bertz CT molecular complexity index is 845. The molecule has 2 rings (SSSR count). The third-order valence-corrected chi connectivity index (χ3v) is 5.18. The number of hydrogen-bond donors (Lipinski definition) is 3. The van der Waals surface area contributed by atoms with E-state index in [0.29, 0.717) is 13.0 Å². The zero-order valence-corrected chi connectivity index (χ0v) is 19.0. The van der Waals surface area contributed by atoms with Gasteiger partial charge in [-0.3, -0.25) is 4.79 Å². The lowest BCUT2D eigenvalue weighted by atomic mass is 9.76. The van der Waals surface area contributed by atoms with Crippen molar-refractivity contribution in [3.8, 4) is 6.07 Å². The van der Waals surface area contributed by atoms with Crippen LogP contribution < -0.4 is 5.32 Å². The predicted octanol–water partition coefficient (Wildman–Crippen LogP) is 2.21. The fraction of sp³-hybridized carbons (Fsp3) is 0.522. The molecule has 1 aromatic rings. The van der Waals surface area contributed by atoms with Gasteiger partial charge in [0.15, 0.2) is 0 Å². The number of likely N-dealkylation sites (tertiary alicyclic amines) is 1. The lowest BCUT2D eigenvalue weighted by Crippen LogP contribution is -2.50. The zero-order valence-electron chi connectivity index (χ0n) is 19.0. The Morgan fingerprint density at radius 3 is 2.59 bits per heavy atom. The molecule has 1 heterocycles. The summed E-state index contributed by atoms with van der Waals surface area (Å²) in [6, 6.07) is 10.8. The van der Waals surface area contributed by atoms with Crippen molar-refractivity contribution >= 4 is 19.1 Å². The summed E-state index contributed by atoms with van der Waals surface area (Å²) in [6.07, 6.45) is 3.46. The molecule has 1 unspecified atom stereocenters. The SMILES string of the molecule is CC(C)(C)C=C(C#N)C(=O)N1CCCCC1COC(=O)N[C@@H](Cc1ccccc1)B(O)O. The molecule has 2 atom stereocenters. The molecule has 0 bridgehead atoms. The van der Waals surface area contributed by atoms with Gasteiger partial charge >= 0.3 is 13.2 Å². The summed E-state index contributed by atoms with van der Waals surface area (Å²) in [5, 5.41) is 31.2. The van der Waals surface area contributed by atoms with Gasteiger partial charge in [0.2, 0.25) is 0 Å². The molecule has 172 valence electrons. The summed E-state index contributed by atoms with van der Waals surface area (Å²) in [6.45, 7) is 6.20. The maximum Gasteiger partial charge on any atom is 0.475 e. The minimum Gasteiger partial charge on any atom is -0.447 e. The van der Waals surface area contributed by atoms with Gasteiger partial charge in [-0.2, -0.15) is 5.26 Å². The number of carbonyl (C=O) groups is 2. The number of amides is 2. The van der Waals surface area contributed by atoms with E-state index < -0.39 is 19.2 Å². The van der Waals surface area contributed by atoms with E-state index in [1.54, 1.807) is 11.0 Å². The van der Waals surface area contributed by atoms with Gasteiger partial charge in [-0.15, -0.1) is 0 Å². The van der Waals surface area contributed by atoms with Gasteiger partial charge in [-0.05, 0) is 36.7 Å². The molecule has 2 amide bonds. The molecule has 1 aromatic carbocycles. The fourth-order valence-corrected chi connectivity index (χ4v) is 3.63. The average Bonchev–Trinajstić information content (AvgIpc) is 2.75. The highest BCUT2D eigenvalue weighted by Gasteiger charge is 2.31. The van der Waals surface area contributed by atoms with E-state index in [1.165, 1.54) is 0 Å². The minimum atomic E-state index is -1.75. The summed E-state index contributed by atoms with van der Waals surface area (Å²) in [5.74, 6) is -1.29. The zero-order chi connectivity index (χ0) is 23.7. The maximum atomic E-state index is 12.9. The Morgan fingerprint density at radius 2 is 2.00 bits per heavy atom. The number of nitriles is 1. The second-order valence-corrected chi connectivity index (χ2v) is 9.14. The molecule has 1 aliphatic rings. The van der Waals surface area contributed by atoms with Gasteiger partial charge in [0.1, 0.15) is 18.2 Å². The van der Waals surface area contributed by atoms with Crippen LogP contribution in [0.15, 0.2) is 42.0 Å². The highest BCUT2D eigenvalue weighted by molar-refractivity contribution is 6.43. The molecule has 1 saturated heterocycles. The van der Waals surface area contributed by atoms with Crippen LogP contribution in [-0.4, -0.2) is 59.2 Å². The van der Waals surface area contributed by atoms with E-state index >= 15 is 0 Å². The first-order chi connectivity index (χ1) is 15.1. The first-order valence-corrected chi connectivity index (χ1v) is 10.9. The van der Waals surface area contributed by atoms with Crippen LogP contribution in [0.2, 0.25) is 0 Å². The normalized spacial score (nSPS) is 17.8. The van der Waals surface area contributed by atoms with Crippen LogP contribution in [0.4, 0.5) is 4.79 Å². The Kier molecular flexibility index (Phi) is 9.30. The van der Waals surface area contributed by atoms with Crippen LogP contribution in [0, 0.1) is 16.7 Å². The molecule has 9 heteroatoms. The summed E-state index contributed by atoms with van der Waals surface area (Å²) in [4.78, 5) is 26.9. The molecule has 0 saturated carbocycles. The highest BCUT2D eigenvalue weighted by Crippen LogP contribution is 2.23. The fourth-order valence-electron chi connectivity index (χ4n) is 3.63. The lowest BCUT2D eigenvalue weighted by Gasteiger charge is -2.35. The number of nitrogens with zero attached hydrogens (tertiary/aromatic N) is 2. The van der Waals surface area contributed by atoms with Crippen LogP contribution >= 0.6 is 0 Å². The molecule has 1 fully saturated rings. The van der Waals surface area contributed by atoms with Crippen LogP contribution in [0.5, 0.6) is 0 Å². The second-order valence-electron chi connectivity index (χ2n) is 9.14. The smallest absolute Gasteiger partial charge is 0.447 e. The quantitative estimate of drug-likeness (QED) is 0.339. The molecule has 32 heavy (non-hydrogen) atoms. The largest absolute Gasteiger partial charge is 0.475 e. The third-order valence-electron chi connectivity index (χ3n) is 5.18. The van der Waals surface area contributed by atoms with Crippen molar-refractivity contribution in [2.24, 2.45) is 5.41 Å². The molecule has 0 aromatic heterocycles. The summed E-state index contributed by atoms with van der Waals surface area (Å²) in [5.41, 5.74) is 0.603. The van der Waals surface area contributed by atoms with Gasteiger partial charge in [-0.1, -0.05) is 57.2 Å². The van der Waals surface area contributed by atoms with Crippen LogP contribution in [0.3, 0.4) is 0 Å². The monoisotopic (exact) mass is 441 g/mol. The Hall–Kier alpha value is -2.83. The minimum absolute atomic E-state index is 0.0363. The molecule has 0 spiro atoms. The van der Waals surface area contributed by atoms with Crippen molar-refractivity contribution in [2.45, 2.75) is 58.4 Å². The number of rotatable bonds is 7. The van der Waals surface area contributed by atoms with Crippen molar-refractivity contribution in [3.05, 3.63) is 47.5 Å². The van der Waals surface area contributed by atoms with E-state index in [1.807, 2.05) is 57.2 Å². The number of allylic oxidation sites excluding steroid dienone is 1. The predicted molar refractivity (Wildman–Crippen MR) is 121 cm³/mol. The first-order valence-electron chi connectivity index (χ1n) is 10.9. The van der Waals surface area contributed by atoms with Crippen LogP contribution in [-0.2, 0) is 16.0 Å². The maximum absolute atomic E-state index is 12.9. The van der Waals surface area contributed by atoms with Gasteiger partial charge in [0.25, 0.3) is 5.91 Å². The van der Waals surface area contributed by atoms with E-state index in [9.17, 15) is 24.9 Å². The van der Waals surface area contributed by atoms with Crippen molar-refractivity contribution in [1.82, 2.24) is 10.2 Å². The Balaban J connectivity index is 1.99. The van der Waals surface area contributed by atoms with Gasteiger partial charge in [0.05, 0.1) is 12.0 Å². The van der Waals surface area contributed by atoms with Crippen molar-refractivity contribution in [2.75, 3.05) is 13.2 Å². The number of ether oxygens (including phenoxy) is 1. The van der Waals surface area contributed by atoms with E-state index in [2.05, 4.69) is 5.32 Å². The molecule has 3 N–H and O–H groups in total. The molecule has 0 radical (unpaired) electrons. The number of piperidine rings is 1. The van der Waals surface area contributed by atoms with E-state index in [-0.39, 0.29) is 36.0 Å². The Labute approximate surface area is 190 Å². The summed E-state index contributed by atoms with van der Waals surface area (Å²) < 4.78 is 5.33. The number of alkyl carbamates (subject to hydrolysis) is 1.